The van der Waals surface area contributed by atoms with Crippen LogP contribution in [0.4, 0.5) is 4.39 Å². The minimum absolute atomic E-state index is 0.0578. The lowest BCUT2D eigenvalue weighted by Crippen LogP contribution is -2.14. The number of halogens is 1. The summed E-state index contributed by atoms with van der Waals surface area (Å²) >= 11 is 0. The van der Waals surface area contributed by atoms with Gasteiger partial charge in [-0.05, 0) is 33.0 Å². The summed E-state index contributed by atoms with van der Waals surface area (Å²) in [5.74, 6) is 0.215. The highest BCUT2D eigenvalue weighted by molar-refractivity contribution is 5.41. The van der Waals surface area contributed by atoms with E-state index in [0.29, 0.717) is 11.4 Å². The van der Waals surface area contributed by atoms with Crippen LogP contribution in [-0.2, 0) is 0 Å². The molecule has 1 aromatic carbocycles. The second kappa shape index (κ2) is 5.36. The van der Waals surface area contributed by atoms with Crippen molar-refractivity contribution in [2.24, 2.45) is 0 Å². The van der Waals surface area contributed by atoms with Crippen LogP contribution in [0.2, 0.25) is 0 Å². The van der Waals surface area contributed by atoms with Crippen molar-refractivity contribution in [3.8, 4) is 11.4 Å². The molecular weight excluding hydrogens is 247 g/mol. The number of nitrogens with one attached hydrogen (secondary N) is 1. The van der Waals surface area contributed by atoms with Crippen LogP contribution in [0.25, 0.3) is 5.69 Å². The van der Waals surface area contributed by atoms with E-state index in [4.69, 9.17) is 4.74 Å². The maximum absolute atomic E-state index is 13.9. The first-order valence-electron chi connectivity index (χ1n) is 6.01. The topological polar surface area (TPSA) is 52.0 Å². The van der Waals surface area contributed by atoms with Crippen LogP contribution in [-0.4, -0.2) is 29.2 Å². The van der Waals surface area contributed by atoms with Crippen molar-refractivity contribution in [1.29, 1.82) is 0 Å². The molecule has 0 aliphatic carbocycles. The summed E-state index contributed by atoms with van der Waals surface area (Å²) in [6.45, 7) is 3.84. The molecule has 2 rings (SSSR count). The zero-order valence-electron chi connectivity index (χ0n) is 11.4. The largest absolute Gasteiger partial charge is 0.497 e. The molecular formula is C13H17FN4O. The molecule has 0 aliphatic rings. The van der Waals surface area contributed by atoms with Crippen LogP contribution >= 0.6 is 0 Å². The Labute approximate surface area is 111 Å². The minimum atomic E-state index is -0.363. The van der Waals surface area contributed by atoms with E-state index in [9.17, 15) is 4.39 Å². The van der Waals surface area contributed by atoms with Crippen molar-refractivity contribution in [3.63, 3.8) is 0 Å². The van der Waals surface area contributed by atoms with E-state index >= 15 is 0 Å². The Morgan fingerprint density at radius 2 is 2.16 bits per heavy atom. The Morgan fingerprint density at radius 3 is 2.79 bits per heavy atom. The highest BCUT2D eigenvalue weighted by atomic mass is 19.1. The molecule has 0 radical (unpaired) electrons. The molecule has 2 aromatic rings. The summed E-state index contributed by atoms with van der Waals surface area (Å²) in [6, 6.07) is 4.59. The van der Waals surface area contributed by atoms with Gasteiger partial charge in [-0.25, -0.2) is 9.07 Å². The van der Waals surface area contributed by atoms with Crippen molar-refractivity contribution in [3.05, 3.63) is 35.4 Å². The molecule has 1 N–H and O–H groups in total. The van der Waals surface area contributed by atoms with Gasteiger partial charge in [-0.15, -0.1) is 5.10 Å². The summed E-state index contributed by atoms with van der Waals surface area (Å²) in [5, 5.41) is 11.2. The number of methoxy groups -OCH3 is 1. The second-order valence-electron chi connectivity index (χ2n) is 4.30. The minimum Gasteiger partial charge on any atom is -0.497 e. The third-order valence-electron chi connectivity index (χ3n) is 3.15. The monoisotopic (exact) mass is 264 g/mol. The lowest BCUT2D eigenvalue weighted by atomic mass is 10.2. The molecule has 1 aromatic heterocycles. The Hall–Kier alpha value is -1.95. The molecule has 0 bridgehead atoms. The third-order valence-corrected chi connectivity index (χ3v) is 3.15. The van der Waals surface area contributed by atoms with E-state index in [-0.39, 0.29) is 11.9 Å². The summed E-state index contributed by atoms with van der Waals surface area (Å²) in [7, 11) is 3.38. The zero-order valence-corrected chi connectivity index (χ0v) is 11.4. The maximum atomic E-state index is 13.9. The molecule has 0 aliphatic heterocycles. The van der Waals surface area contributed by atoms with Crippen molar-refractivity contribution in [2.75, 3.05) is 14.2 Å². The van der Waals surface area contributed by atoms with Crippen LogP contribution in [0.3, 0.4) is 0 Å². The quantitative estimate of drug-likeness (QED) is 0.917. The van der Waals surface area contributed by atoms with Gasteiger partial charge in [0, 0.05) is 6.07 Å². The van der Waals surface area contributed by atoms with E-state index in [1.165, 1.54) is 10.7 Å². The van der Waals surface area contributed by atoms with Gasteiger partial charge in [0.2, 0.25) is 0 Å². The summed E-state index contributed by atoms with van der Waals surface area (Å²) in [6.07, 6.45) is 0. The first-order chi connectivity index (χ1) is 9.08. The second-order valence-corrected chi connectivity index (χ2v) is 4.30. The van der Waals surface area contributed by atoms with E-state index in [1.54, 1.807) is 19.2 Å². The normalized spacial score (nSPS) is 12.5. The number of aromatic nitrogens is 3. The molecule has 0 spiro atoms. The van der Waals surface area contributed by atoms with E-state index < -0.39 is 0 Å². The van der Waals surface area contributed by atoms with Crippen molar-refractivity contribution in [1.82, 2.24) is 20.3 Å². The van der Waals surface area contributed by atoms with Gasteiger partial charge in [0.1, 0.15) is 22.9 Å². The summed E-state index contributed by atoms with van der Waals surface area (Å²) in [5.41, 5.74) is 1.93. The molecule has 102 valence electrons. The molecule has 0 saturated heterocycles. The van der Waals surface area contributed by atoms with Crippen LogP contribution in [0, 0.1) is 12.7 Å². The van der Waals surface area contributed by atoms with E-state index in [2.05, 4.69) is 15.6 Å². The molecule has 19 heavy (non-hydrogen) atoms. The molecule has 1 unspecified atom stereocenters. The highest BCUT2D eigenvalue weighted by Gasteiger charge is 2.17. The summed E-state index contributed by atoms with van der Waals surface area (Å²) in [4.78, 5) is 0. The molecule has 0 fully saturated rings. The van der Waals surface area contributed by atoms with Crippen LogP contribution in [0.5, 0.6) is 5.75 Å². The van der Waals surface area contributed by atoms with Gasteiger partial charge in [-0.3, -0.25) is 0 Å². The SMILES string of the molecule is CNC(C)c1nnn(-c2cc(OC)ccc2F)c1C. The predicted molar refractivity (Wildman–Crippen MR) is 70.1 cm³/mol. The summed E-state index contributed by atoms with van der Waals surface area (Å²) < 4.78 is 20.5. The highest BCUT2D eigenvalue weighted by Crippen LogP contribution is 2.23. The van der Waals surface area contributed by atoms with Crippen molar-refractivity contribution >= 4 is 0 Å². The van der Waals surface area contributed by atoms with Gasteiger partial charge in [0.25, 0.3) is 0 Å². The van der Waals surface area contributed by atoms with E-state index in [0.717, 1.165) is 11.4 Å². The van der Waals surface area contributed by atoms with Crippen LogP contribution in [0.1, 0.15) is 24.4 Å². The number of rotatable bonds is 4. The Kier molecular flexibility index (Phi) is 3.80. The van der Waals surface area contributed by atoms with Gasteiger partial charge < -0.3 is 10.1 Å². The Balaban J connectivity index is 2.50. The number of ether oxygens (including phenoxy) is 1. The van der Waals surface area contributed by atoms with E-state index in [1.807, 2.05) is 20.9 Å². The molecule has 0 amide bonds. The first-order valence-corrected chi connectivity index (χ1v) is 6.01. The van der Waals surface area contributed by atoms with Gasteiger partial charge in [-0.2, -0.15) is 0 Å². The molecule has 1 heterocycles. The number of hydrogen-bond donors (Lipinski definition) is 1. The van der Waals surface area contributed by atoms with Crippen LogP contribution in [0.15, 0.2) is 18.2 Å². The predicted octanol–water partition coefficient (Wildman–Crippen LogP) is 2.00. The Morgan fingerprint density at radius 1 is 1.42 bits per heavy atom. The maximum Gasteiger partial charge on any atom is 0.149 e. The lowest BCUT2D eigenvalue weighted by Gasteiger charge is -2.09. The average molecular weight is 264 g/mol. The fraction of sp³-hybridized carbons (Fsp3) is 0.385. The third kappa shape index (κ3) is 2.44. The molecule has 1 atom stereocenters. The average Bonchev–Trinajstić information content (AvgIpc) is 2.80. The number of nitrogens with zero attached hydrogens (tertiary/aromatic N) is 3. The fourth-order valence-electron chi connectivity index (χ4n) is 1.89. The first kappa shape index (κ1) is 13.5. The van der Waals surface area contributed by atoms with Crippen molar-refractivity contribution < 1.29 is 9.13 Å². The number of hydrogen-bond acceptors (Lipinski definition) is 4. The smallest absolute Gasteiger partial charge is 0.149 e. The fourth-order valence-corrected chi connectivity index (χ4v) is 1.89. The van der Waals surface area contributed by atoms with Gasteiger partial charge in [0.05, 0.1) is 18.8 Å². The standard InChI is InChI=1S/C13H17FN4O/c1-8(15-3)13-9(2)18(17-16-13)12-7-10(19-4)5-6-11(12)14/h5-8,15H,1-4H3. The van der Waals surface area contributed by atoms with Crippen LogP contribution < -0.4 is 10.1 Å². The number of benzene rings is 1. The molecule has 0 saturated carbocycles. The van der Waals surface area contributed by atoms with Crippen molar-refractivity contribution in [2.45, 2.75) is 19.9 Å². The van der Waals surface area contributed by atoms with Gasteiger partial charge >= 0.3 is 0 Å². The van der Waals surface area contributed by atoms with Gasteiger partial charge in [0.15, 0.2) is 0 Å². The molecule has 5 nitrogen and oxygen atoms in total. The Bertz CT molecular complexity index is 582. The van der Waals surface area contributed by atoms with Gasteiger partial charge in [-0.1, -0.05) is 5.21 Å². The lowest BCUT2D eigenvalue weighted by molar-refractivity contribution is 0.413. The zero-order chi connectivity index (χ0) is 14.0. The molecule has 6 heteroatoms.